The van der Waals surface area contributed by atoms with E-state index < -0.39 is 24.0 Å². The molecule has 0 saturated heterocycles. The number of hydrogen-bond acceptors (Lipinski definition) is 5. The molecule has 0 unspecified atom stereocenters. The van der Waals surface area contributed by atoms with Gasteiger partial charge in [-0.2, -0.15) is 11.8 Å². The molecule has 7 nitrogen and oxygen atoms in total. The first-order chi connectivity index (χ1) is 9.56. The van der Waals surface area contributed by atoms with Gasteiger partial charge in [0, 0.05) is 0 Å². The minimum Gasteiger partial charge on any atom is -0.480 e. The zero-order valence-corrected chi connectivity index (χ0v) is 12.4. The van der Waals surface area contributed by atoms with Crippen molar-refractivity contribution in [2.45, 2.75) is 37.8 Å². The molecule has 0 heterocycles. The number of carbonyl (C=O) groups excluding carboxylic acids is 2. The summed E-state index contributed by atoms with van der Waals surface area (Å²) in [4.78, 5) is 33.5. The van der Waals surface area contributed by atoms with Crippen molar-refractivity contribution in [2.75, 3.05) is 18.6 Å². The van der Waals surface area contributed by atoms with Gasteiger partial charge in [0.15, 0.2) is 0 Å². The number of carboxylic acids is 1. The maximum Gasteiger partial charge on any atom is 0.326 e. The summed E-state index contributed by atoms with van der Waals surface area (Å²) in [7, 11) is 0. The van der Waals surface area contributed by atoms with Crippen molar-refractivity contribution >= 4 is 30.0 Å². The monoisotopic (exact) mass is 305 g/mol. The van der Waals surface area contributed by atoms with Crippen LogP contribution in [0.25, 0.3) is 0 Å². The molecule has 0 spiro atoms. The third kappa shape index (κ3) is 8.00. The maximum absolute atomic E-state index is 12.0. The van der Waals surface area contributed by atoms with Gasteiger partial charge < -0.3 is 21.5 Å². The molecule has 0 aromatic heterocycles. The Morgan fingerprint density at radius 1 is 1.30 bits per heavy atom. The number of aliphatic carboxylic acids is 1. The van der Waals surface area contributed by atoms with Crippen LogP contribution < -0.4 is 16.4 Å². The highest BCUT2D eigenvalue weighted by Gasteiger charge is 2.24. The molecule has 0 aliphatic rings. The summed E-state index contributed by atoms with van der Waals surface area (Å²) < 4.78 is 0. The van der Waals surface area contributed by atoms with Gasteiger partial charge in [-0.3, -0.25) is 9.59 Å². The van der Waals surface area contributed by atoms with Crippen LogP contribution in [0.2, 0.25) is 0 Å². The van der Waals surface area contributed by atoms with Gasteiger partial charge in [0.1, 0.15) is 12.1 Å². The summed E-state index contributed by atoms with van der Waals surface area (Å²) in [6.07, 6.45) is 4.47. The first kappa shape index (κ1) is 18.7. The topological polar surface area (TPSA) is 122 Å². The molecular weight excluding hydrogens is 282 g/mol. The molecule has 0 rings (SSSR count). The Bertz CT molecular complexity index is 315. The Labute approximate surface area is 123 Å². The standard InChI is InChI=1S/C12H23N3O4S/c1-20-7-5-9(14-8-16)11(17)15-10(12(18)19)4-2-3-6-13/h8-10H,2-7,13H2,1H3,(H,14,16)(H,15,17)(H,18,19)/t9-,10+/m0/s1. The predicted molar refractivity (Wildman–Crippen MR) is 78.5 cm³/mol. The Morgan fingerprint density at radius 3 is 2.50 bits per heavy atom. The van der Waals surface area contributed by atoms with Crippen molar-refractivity contribution in [2.24, 2.45) is 5.73 Å². The number of amides is 2. The normalized spacial score (nSPS) is 13.3. The number of hydrogen-bond donors (Lipinski definition) is 4. The number of nitrogens with two attached hydrogens (primary N) is 1. The number of rotatable bonds is 12. The zero-order valence-electron chi connectivity index (χ0n) is 11.6. The molecule has 0 radical (unpaired) electrons. The third-order valence-electron chi connectivity index (χ3n) is 2.76. The molecule has 0 aromatic carbocycles. The summed E-state index contributed by atoms with van der Waals surface area (Å²) in [5.74, 6) is -0.847. The van der Waals surface area contributed by atoms with Crippen molar-refractivity contribution in [3.05, 3.63) is 0 Å². The predicted octanol–water partition coefficient (Wildman–Crippen LogP) is -0.447. The summed E-state index contributed by atoms with van der Waals surface area (Å²) >= 11 is 1.55. The molecule has 8 heteroatoms. The fourth-order valence-electron chi connectivity index (χ4n) is 1.63. The summed E-state index contributed by atoms with van der Waals surface area (Å²) in [6.45, 7) is 0.489. The van der Waals surface area contributed by atoms with Crippen molar-refractivity contribution in [3.8, 4) is 0 Å². The van der Waals surface area contributed by atoms with Crippen LogP contribution in [0.3, 0.4) is 0 Å². The van der Waals surface area contributed by atoms with E-state index >= 15 is 0 Å². The Balaban J connectivity index is 4.44. The maximum atomic E-state index is 12.0. The molecule has 0 saturated carbocycles. The van der Waals surface area contributed by atoms with Crippen LogP contribution in [0.15, 0.2) is 0 Å². The highest BCUT2D eigenvalue weighted by Crippen LogP contribution is 2.04. The molecular formula is C12H23N3O4S. The van der Waals surface area contributed by atoms with Crippen molar-refractivity contribution in [3.63, 3.8) is 0 Å². The Kier molecular flexibility index (Phi) is 10.8. The lowest BCUT2D eigenvalue weighted by Crippen LogP contribution is -2.50. The lowest BCUT2D eigenvalue weighted by molar-refractivity contribution is -0.142. The molecule has 0 fully saturated rings. The molecule has 2 atom stereocenters. The second-order valence-corrected chi connectivity index (χ2v) is 5.29. The van der Waals surface area contributed by atoms with Gasteiger partial charge in [-0.05, 0) is 44.2 Å². The quantitative estimate of drug-likeness (QED) is 0.286. The summed E-state index contributed by atoms with van der Waals surface area (Å²) in [5.41, 5.74) is 5.35. The highest BCUT2D eigenvalue weighted by molar-refractivity contribution is 7.98. The first-order valence-corrected chi connectivity index (χ1v) is 7.88. The minimum atomic E-state index is -1.08. The van der Waals surface area contributed by atoms with E-state index in [0.717, 1.165) is 0 Å². The lowest BCUT2D eigenvalue weighted by atomic mass is 10.1. The van der Waals surface area contributed by atoms with E-state index in [0.29, 0.717) is 44.4 Å². The number of nitrogens with one attached hydrogen (secondary N) is 2. The number of thioether (sulfide) groups is 1. The van der Waals surface area contributed by atoms with Gasteiger partial charge in [-0.25, -0.2) is 4.79 Å². The van der Waals surface area contributed by atoms with Gasteiger partial charge in [0.2, 0.25) is 12.3 Å². The van der Waals surface area contributed by atoms with E-state index in [-0.39, 0.29) is 0 Å². The molecule has 5 N–H and O–H groups in total. The Hall–Kier alpha value is -1.28. The smallest absolute Gasteiger partial charge is 0.326 e. The van der Waals surface area contributed by atoms with Crippen LogP contribution in [0.5, 0.6) is 0 Å². The van der Waals surface area contributed by atoms with Crippen LogP contribution in [0.1, 0.15) is 25.7 Å². The largest absolute Gasteiger partial charge is 0.480 e. The summed E-state index contributed by atoms with van der Waals surface area (Å²) in [5, 5.41) is 13.9. The van der Waals surface area contributed by atoms with Gasteiger partial charge in [-0.1, -0.05) is 0 Å². The van der Waals surface area contributed by atoms with Crippen molar-refractivity contribution in [1.82, 2.24) is 10.6 Å². The SMILES string of the molecule is CSCC[C@H](NC=O)C(=O)N[C@H](CCCCN)C(=O)O. The molecule has 0 bridgehead atoms. The molecule has 0 aliphatic heterocycles. The minimum absolute atomic E-state index is 0.328. The fraction of sp³-hybridized carbons (Fsp3) is 0.750. The third-order valence-corrected chi connectivity index (χ3v) is 3.40. The van der Waals surface area contributed by atoms with Crippen molar-refractivity contribution in [1.29, 1.82) is 0 Å². The van der Waals surface area contributed by atoms with E-state index in [1.165, 1.54) is 0 Å². The van der Waals surface area contributed by atoms with Crippen LogP contribution >= 0.6 is 11.8 Å². The van der Waals surface area contributed by atoms with E-state index in [1.807, 2.05) is 6.26 Å². The molecule has 0 aliphatic carbocycles. The lowest BCUT2D eigenvalue weighted by Gasteiger charge is -2.19. The molecule has 116 valence electrons. The highest BCUT2D eigenvalue weighted by atomic mass is 32.2. The van der Waals surface area contributed by atoms with Crippen molar-refractivity contribution < 1.29 is 19.5 Å². The second-order valence-electron chi connectivity index (χ2n) is 4.30. The fourth-order valence-corrected chi connectivity index (χ4v) is 2.10. The van der Waals surface area contributed by atoms with E-state index in [2.05, 4.69) is 10.6 Å². The van der Waals surface area contributed by atoms with Gasteiger partial charge in [0.05, 0.1) is 0 Å². The summed E-state index contributed by atoms with van der Waals surface area (Å²) in [6, 6.07) is -1.64. The number of unbranched alkanes of at least 4 members (excludes halogenated alkanes) is 1. The average Bonchev–Trinajstić information content (AvgIpc) is 2.42. The average molecular weight is 305 g/mol. The van der Waals surface area contributed by atoms with Crippen LogP contribution in [-0.4, -0.2) is 54.0 Å². The second kappa shape index (κ2) is 11.5. The van der Waals surface area contributed by atoms with Crippen LogP contribution in [-0.2, 0) is 14.4 Å². The molecule has 20 heavy (non-hydrogen) atoms. The van der Waals surface area contributed by atoms with E-state index in [4.69, 9.17) is 10.8 Å². The first-order valence-electron chi connectivity index (χ1n) is 6.48. The van der Waals surface area contributed by atoms with Crippen LogP contribution in [0, 0.1) is 0 Å². The molecule has 0 aromatic rings. The van der Waals surface area contributed by atoms with E-state index in [1.54, 1.807) is 11.8 Å². The van der Waals surface area contributed by atoms with Gasteiger partial charge in [0.25, 0.3) is 0 Å². The zero-order chi connectivity index (χ0) is 15.4. The van der Waals surface area contributed by atoms with Gasteiger partial charge >= 0.3 is 5.97 Å². The van der Waals surface area contributed by atoms with Crippen LogP contribution in [0.4, 0.5) is 0 Å². The number of carboxylic acid groups (broad SMARTS) is 1. The van der Waals surface area contributed by atoms with Gasteiger partial charge in [-0.15, -0.1) is 0 Å². The molecule has 2 amide bonds. The van der Waals surface area contributed by atoms with E-state index in [9.17, 15) is 14.4 Å². The Morgan fingerprint density at radius 2 is 2.00 bits per heavy atom. The number of carbonyl (C=O) groups is 3.